The lowest BCUT2D eigenvalue weighted by Crippen LogP contribution is -2.20. The van der Waals surface area contributed by atoms with Gasteiger partial charge in [0.15, 0.2) is 0 Å². The van der Waals surface area contributed by atoms with Crippen molar-refractivity contribution in [1.29, 1.82) is 0 Å². The van der Waals surface area contributed by atoms with Crippen LogP contribution in [-0.2, 0) is 0 Å². The first-order valence-corrected chi connectivity index (χ1v) is 10.5. The SMILES string of the molecule is O=C(Nc1nc2ccccc2n1C1CCCCC1)c1ccc(-n2cncn2)c([N+](=O)[O-])c1. The number of para-hydroxylation sites is 2. The number of amides is 1. The van der Waals surface area contributed by atoms with Crippen molar-refractivity contribution in [3.63, 3.8) is 0 Å². The Bertz CT molecular complexity index is 1290. The number of fused-ring (bicyclic) bond motifs is 1. The molecule has 32 heavy (non-hydrogen) atoms. The number of benzene rings is 2. The Hall–Kier alpha value is -4.08. The fraction of sp³-hybridized carbons (Fsp3) is 0.273. The third kappa shape index (κ3) is 3.59. The molecule has 0 spiro atoms. The van der Waals surface area contributed by atoms with E-state index in [9.17, 15) is 14.9 Å². The predicted molar refractivity (Wildman–Crippen MR) is 118 cm³/mol. The number of aromatic nitrogens is 5. The van der Waals surface area contributed by atoms with E-state index in [4.69, 9.17) is 0 Å². The summed E-state index contributed by atoms with van der Waals surface area (Å²) in [6.07, 6.45) is 8.21. The predicted octanol–water partition coefficient (Wildman–Crippen LogP) is 4.28. The fourth-order valence-electron chi connectivity index (χ4n) is 4.35. The lowest BCUT2D eigenvalue weighted by Gasteiger charge is -2.25. The maximum absolute atomic E-state index is 13.1. The lowest BCUT2D eigenvalue weighted by molar-refractivity contribution is -0.384. The van der Waals surface area contributed by atoms with Crippen molar-refractivity contribution < 1.29 is 9.72 Å². The minimum Gasteiger partial charge on any atom is -0.307 e. The summed E-state index contributed by atoms with van der Waals surface area (Å²) in [5, 5.41) is 18.5. The van der Waals surface area contributed by atoms with Crippen LogP contribution in [0.25, 0.3) is 16.7 Å². The van der Waals surface area contributed by atoms with Crippen molar-refractivity contribution in [3.05, 3.63) is 70.8 Å². The highest BCUT2D eigenvalue weighted by molar-refractivity contribution is 6.04. The molecule has 0 unspecified atom stereocenters. The molecule has 0 saturated heterocycles. The molecule has 0 atom stereocenters. The zero-order valence-corrected chi connectivity index (χ0v) is 17.2. The van der Waals surface area contributed by atoms with E-state index in [1.807, 2.05) is 24.3 Å². The number of hydrogen-bond donors (Lipinski definition) is 1. The average Bonchev–Trinajstić information content (AvgIpc) is 3.47. The van der Waals surface area contributed by atoms with Gasteiger partial charge < -0.3 is 4.57 Å². The number of nitrogens with zero attached hydrogens (tertiary/aromatic N) is 6. The summed E-state index contributed by atoms with van der Waals surface area (Å²) in [5.74, 6) is 0.0108. The van der Waals surface area contributed by atoms with E-state index in [1.165, 1.54) is 42.0 Å². The highest BCUT2D eigenvalue weighted by atomic mass is 16.6. The minimum absolute atomic E-state index is 0.169. The van der Waals surface area contributed by atoms with Crippen molar-refractivity contribution >= 4 is 28.6 Å². The number of nitro groups is 1. The zero-order chi connectivity index (χ0) is 22.1. The van der Waals surface area contributed by atoms with Crippen LogP contribution in [0.4, 0.5) is 11.6 Å². The summed E-state index contributed by atoms with van der Waals surface area (Å²) >= 11 is 0. The van der Waals surface area contributed by atoms with E-state index in [-0.39, 0.29) is 23.0 Å². The van der Waals surface area contributed by atoms with Gasteiger partial charge in [0.2, 0.25) is 5.95 Å². The van der Waals surface area contributed by atoms with Gasteiger partial charge in [0.25, 0.3) is 11.6 Å². The molecule has 1 amide bonds. The van der Waals surface area contributed by atoms with E-state index < -0.39 is 10.8 Å². The Morgan fingerprint density at radius 3 is 2.69 bits per heavy atom. The molecule has 1 aliphatic rings. The number of nitro benzene ring substituents is 1. The number of anilines is 1. The molecule has 0 bridgehead atoms. The molecule has 10 heteroatoms. The molecule has 162 valence electrons. The molecule has 1 N–H and O–H groups in total. The summed E-state index contributed by atoms with van der Waals surface area (Å²) in [6, 6.07) is 12.3. The second-order valence-electron chi connectivity index (χ2n) is 7.84. The average molecular weight is 431 g/mol. The van der Waals surface area contributed by atoms with Crippen LogP contribution >= 0.6 is 0 Å². The number of nitrogens with one attached hydrogen (secondary N) is 1. The molecular formula is C22H21N7O3. The number of carbonyl (C=O) groups excluding carboxylic acids is 1. The molecule has 4 aromatic rings. The summed E-state index contributed by atoms with van der Waals surface area (Å²) < 4.78 is 3.40. The van der Waals surface area contributed by atoms with Gasteiger partial charge in [0.05, 0.1) is 16.0 Å². The van der Waals surface area contributed by atoms with Crippen LogP contribution < -0.4 is 5.32 Å². The molecule has 0 radical (unpaired) electrons. The van der Waals surface area contributed by atoms with Crippen LogP contribution in [0.1, 0.15) is 48.5 Å². The number of rotatable bonds is 5. The molecule has 0 aliphatic heterocycles. The second kappa shape index (κ2) is 8.22. The summed E-state index contributed by atoms with van der Waals surface area (Å²) in [5.41, 5.74) is 1.95. The third-order valence-electron chi connectivity index (χ3n) is 5.86. The summed E-state index contributed by atoms with van der Waals surface area (Å²) in [7, 11) is 0. The topological polar surface area (TPSA) is 121 Å². The van der Waals surface area contributed by atoms with Crippen molar-refractivity contribution in [1.82, 2.24) is 24.3 Å². The van der Waals surface area contributed by atoms with E-state index >= 15 is 0 Å². The van der Waals surface area contributed by atoms with Crippen molar-refractivity contribution in [2.24, 2.45) is 0 Å². The molecule has 1 aliphatic carbocycles. The van der Waals surface area contributed by atoms with Crippen LogP contribution in [0.3, 0.4) is 0 Å². The fourth-order valence-corrected chi connectivity index (χ4v) is 4.35. The van der Waals surface area contributed by atoms with E-state index in [0.29, 0.717) is 5.95 Å². The maximum atomic E-state index is 13.1. The van der Waals surface area contributed by atoms with Gasteiger partial charge in [-0.15, -0.1) is 0 Å². The number of imidazole rings is 1. The van der Waals surface area contributed by atoms with Gasteiger partial charge in [0, 0.05) is 17.7 Å². The molecule has 2 aromatic heterocycles. The highest BCUT2D eigenvalue weighted by Gasteiger charge is 2.24. The van der Waals surface area contributed by atoms with Crippen LogP contribution in [0, 0.1) is 10.1 Å². The summed E-state index contributed by atoms with van der Waals surface area (Å²) in [4.78, 5) is 32.6. The van der Waals surface area contributed by atoms with Gasteiger partial charge in [0.1, 0.15) is 18.3 Å². The smallest absolute Gasteiger partial charge is 0.295 e. The minimum atomic E-state index is -0.537. The van der Waals surface area contributed by atoms with Crippen molar-refractivity contribution in [2.45, 2.75) is 38.1 Å². The van der Waals surface area contributed by atoms with Gasteiger partial charge >= 0.3 is 0 Å². The first kappa shape index (κ1) is 19.9. The standard InChI is InChI=1S/C22H21N7O3/c30-21(15-10-11-19(20(12-15)29(31)32)27-14-23-13-24-27)26-22-25-17-8-4-5-9-18(17)28(22)16-6-2-1-3-7-16/h4-5,8-14,16H,1-3,6-7H2,(H,25,26,30). The van der Waals surface area contributed by atoms with Crippen LogP contribution in [0.2, 0.25) is 0 Å². The van der Waals surface area contributed by atoms with Gasteiger partial charge in [-0.2, -0.15) is 5.10 Å². The highest BCUT2D eigenvalue weighted by Crippen LogP contribution is 2.34. The van der Waals surface area contributed by atoms with E-state index in [2.05, 4.69) is 25.0 Å². The Kier molecular flexibility index (Phi) is 5.10. The summed E-state index contributed by atoms with van der Waals surface area (Å²) in [6.45, 7) is 0. The van der Waals surface area contributed by atoms with Crippen LogP contribution in [-0.4, -0.2) is 35.1 Å². The Labute approximate surface area is 183 Å². The molecule has 1 saturated carbocycles. The van der Waals surface area contributed by atoms with Gasteiger partial charge in [-0.1, -0.05) is 31.4 Å². The normalized spacial score (nSPS) is 14.5. The molecule has 1 fully saturated rings. The van der Waals surface area contributed by atoms with Crippen molar-refractivity contribution in [3.8, 4) is 5.69 Å². The molecular weight excluding hydrogens is 410 g/mol. The zero-order valence-electron chi connectivity index (χ0n) is 17.2. The van der Waals surface area contributed by atoms with Crippen molar-refractivity contribution in [2.75, 3.05) is 5.32 Å². The molecule has 5 rings (SSSR count). The van der Waals surface area contributed by atoms with Gasteiger partial charge in [-0.05, 0) is 37.1 Å². The monoisotopic (exact) mass is 431 g/mol. The maximum Gasteiger partial charge on any atom is 0.295 e. The first-order chi connectivity index (χ1) is 15.6. The largest absolute Gasteiger partial charge is 0.307 e. The lowest BCUT2D eigenvalue weighted by atomic mass is 9.95. The Morgan fingerprint density at radius 2 is 1.94 bits per heavy atom. The quantitative estimate of drug-likeness (QED) is 0.372. The number of hydrogen-bond acceptors (Lipinski definition) is 6. The molecule has 2 heterocycles. The van der Waals surface area contributed by atoms with E-state index in [1.54, 1.807) is 0 Å². The van der Waals surface area contributed by atoms with Crippen LogP contribution in [0.15, 0.2) is 55.1 Å². The Balaban J connectivity index is 1.50. The third-order valence-corrected chi connectivity index (χ3v) is 5.86. The van der Waals surface area contributed by atoms with Crippen LogP contribution in [0.5, 0.6) is 0 Å². The number of carbonyl (C=O) groups is 1. The molecule has 10 nitrogen and oxygen atoms in total. The first-order valence-electron chi connectivity index (χ1n) is 10.5. The van der Waals surface area contributed by atoms with Gasteiger partial charge in [-0.3, -0.25) is 20.2 Å². The van der Waals surface area contributed by atoms with Gasteiger partial charge in [-0.25, -0.2) is 14.6 Å². The second-order valence-corrected chi connectivity index (χ2v) is 7.84. The molecule has 2 aromatic carbocycles. The Morgan fingerprint density at radius 1 is 1.12 bits per heavy atom. The van der Waals surface area contributed by atoms with E-state index in [0.717, 1.165) is 36.7 Å².